The van der Waals surface area contributed by atoms with E-state index < -0.39 is 0 Å². The van der Waals surface area contributed by atoms with E-state index in [1.54, 1.807) is 0 Å². The lowest BCUT2D eigenvalue weighted by Crippen LogP contribution is -2.26. The van der Waals surface area contributed by atoms with Gasteiger partial charge in [-0.05, 0) is 23.6 Å². The normalized spacial score (nSPS) is 13.1. The second-order valence-electron chi connectivity index (χ2n) is 3.77. The molecule has 0 saturated heterocycles. The first-order chi connectivity index (χ1) is 7.79. The fraction of sp³-hybridized carbons (Fsp3) is 0.417. The van der Waals surface area contributed by atoms with Gasteiger partial charge in [-0.2, -0.15) is 0 Å². The summed E-state index contributed by atoms with van der Waals surface area (Å²) in [6, 6.07) is 6.19. The van der Waals surface area contributed by atoms with Gasteiger partial charge in [-0.25, -0.2) is 0 Å². The van der Waals surface area contributed by atoms with E-state index in [2.05, 4.69) is 11.4 Å². The molecule has 0 unspecified atom stereocenters. The topological polar surface area (TPSA) is 38.3 Å². The molecule has 0 radical (unpaired) electrons. The van der Waals surface area contributed by atoms with Crippen molar-refractivity contribution in [2.75, 3.05) is 19.0 Å². The van der Waals surface area contributed by atoms with Crippen molar-refractivity contribution in [1.29, 1.82) is 0 Å². The zero-order chi connectivity index (χ0) is 11.4. The van der Waals surface area contributed by atoms with Gasteiger partial charge in [0.15, 0.2) is 0 Å². The Morgan fingerprint density at radius 3 is 3.19 bits per heavy atom. The van der Waals surface area contributed by atoms with Gasteiger partial charge < -0.3 is 10.1 Å². The van der Waals surface area contributed by atoms with E-state index in [0.29, 0.717) is 6.54 Å². The molecular formula is C12H14ClNO2. The minimum absolute atomic E-state index is 0.0258. The molecule has 0 aromatic heterocycles. The van der Waals surface area contributed by atoms with Gasteiger partial charge in [0.05, 0.1) is 6.61 Å². The number of ether oxygens (including phenoxy) is 1. The monoisotopic (exact) mass is 239 g/mol. The quantitative estimate of drug-likeness (QED) is 0.810. The number of amides is 1. The summed E-state index contributed by atoms with van der Waals surface area (Å²) in [5.41, 5.74) is 2.49. The number of fused-ring (bicyclic) bond motifs is 1. The second kappa shape index (κ2) is 5.21. The summed E-state index contributed by atoms with van der Waals surface area (Å²) in [6.07, 6.45) is 1.81. The van der Waals surface area contributed by atoms with Crippen LogP contribution in [0, 0.1) is 0 Å². The smallest absolute Gasteiger partial charge is 0.234 e. The fourth-order valence-electron chi connectivity index (χ4n) is 1.79. The largest absolute Gasteiger partial charge is 0.493 e. The van der Waals surface area contributed by atoms with Crippen LogP contribution in [0.15, 0.2) is 18.2 Å². The van der Waals surface area contributed by atoms with Gasteiger partial charge in [0.1, 0.15) is 11.6 Å². The molecule has 0 aliphatic carbocycles. The zero-order valence-corrected chi connectivity index (χ0v) is 9.72. The molecule has 0 atom stereocenters. The van der Waals surface area contributed by atoms with Gasteiger partial charge >= 0.3 is 0 Å². The predicted octanol–water partition coefficient (Wildman–Crippen LogP) is 1.52. The summed E-state index contributed by atoms with van der Waals surface area (Å²) >= 11 is 5.38. The van der Waals surface area contributed by atoms with Gasteiger partial charge in [0.25, 0.3) is 0 Å². The lowest BCUT2D eigenvalue weighted by molar-refractivity contribution is -0.118. The number of benzene rings is 1. The Hall–Kier alpha value is -1.22. The van der Waals surface area contributed by atoms with Gasteiger partial charge in [0.2, 0.25) is 5.91 Å². The molecule has 1 aliphatic rings. The lowest BCUT2D eigenvalue weighted by Gasteiger charge is -2.05. The van der Waals surface area contributed by atoms with Crippen molar-refractivity contribution in [3.63, 3.8) is 0 Å². The molecule has 1 aromatic carbocycles. The summed E-state index contributed by atoms with van der Waals surface area (Å²) in [4.78, 5) is 10.9. The Morgan fingerprint density at radius 1 is 1.50 bits per heavy atom. The van der Waals surface area contributed by atoms with E-state index in [9.17, 15) is 4.79 Å². The minimum atomic E-state index is -0.119. The SMILES string of the molecule is O=C(CCl)NCCc1ccc2c(c1)CCO2. The highest BCUT2D eigenvalue weighted by molar-refractivity contribution is 6.27. The van der Waals surface area contributed by atoms with E-state index in [-0.39, 0.29) is 11.8 Å². The van der Waals surface area contributed by atoms with E-state index in [0.717, 1.165) is 25.2 Å². The Labute approximate surface area is 99.7 Å². The van der Waals surface area contributed by atoms with Crippen molar-refractivity contribution < 1.29 is 9.53 Å². The number of nitrogens with one attached hydrogen (secondary N) is 1. The number of hydrogen-bond donors (Lipinski definition) is 1. The van der Waals surface area contributed by atoms with Crippen LogP contribution < -0.4 is 10.1 Å². The molecule has 4 heteroatoms. The van der Waals surface area contributed by atoms with Crippen molar-refractivity contribution in [1.82, 2.24) is 5.32 Å². The lowest BCUT2D eigenvalue weighted by atomic mass is 10.1. The van der Waals surface area contributed by atoms with Crippen molar-refractivity contribution in [2.45, 2.75) is 12.8 Å². The van der Waals surface area contributed by atoms with Crippen LogP contribution in [-0.4, -0.2) is 24.9 Å². The highest BCUT2D eigenvalue weighted by Gasteiger charge is 2.11. The van der Waals surface area contributed by atoms with E-state index >= 15 is 0 Å². The molecular weight excluding hydrogens is 226 g/mol. The van der Waals surface area contributed by atoms with E-state index in [1.807, 2.05) is 12.1 Å². The summed E-state index contributed by atoms with van der Waals surface area (Å²) in [7, 11) is 0. The third-order valence-corrected chi connectivity index (χ3v) is 2.85. The summed E-state index contributed by atoms with van der Waals surface area (Å²) < 4.78 is 5.43. The van der Waals surface area contributed by atoms with Gasteiger partial charge in [-0.1, -0.05) is 12.1 Å². The van der Waals surface area contributed by atoms with Crippen molar-refractivity contribution >= 4 is 17.5 Å². The molecule has 1 aromatic rings. The summed E-state index contributed by atoms with van der Waals surface area (Å²) in [6.45, 7) is 1.41. The molecule has 0 spiro atoms. The van der Waals surface area contributed by atoms with Gasteiger partial charge in [-0.15, -0.1) is 11.6 Å². The maximum Gasteiger partial charge on any atom is 0.234 e. The number of hydrogen-bond acceptors (Lipinski definition) is 2. The van der Waals surface area contributed by atoms with Crippen LogP contribution in [-0.2, 0) is 17.6 Å². The second-order valence-corrected chi connectivity index (χ2v) is 4.04. The Balaban J connectivity index is 1.88. The third kappa shape index (κ3) is 2.67. The first-order valence-electron chi connectivity index (χ1n) is 5.37. The van der Waals surface area contributed by atoms with Crippen LogP contribution in [0.4, 0.5) is 0 Å². The molecule has 1 amide bonds. The van der Waals surface area contributed by atoms with Crippen LogP contribution in [0.2, 0.25) is 0 Å². The van der Waals surface area contributed by atoms with Crippen molar-refractivity contribution in [3.8, 4) is 5.75 Å². The van der Waals surface area contributed by atoms with Crippen molar-refractivity contribution in [3.05, 3.63) is 29.3 Å². The number of carbonyl (C=O) groups is 1. The average molecular weight is 240 g/mol. The Kier molecular flexibility index (Phi) is 3.67. The standard InChI is InChI=1S/C12H14ClNO2/c13-8-12(15)14-5-3-9-1-2-11-10(7-9)4-6-16-11/h1-2,7H,3-6,8H2,(H,14,15). The van der Waals surface area contributed by atoms with E-state index in [1.165, 1.54) is 11.1 Å². The summed E-state index contributed by atoms with van der Waals surface area (Å²) in [5, 5.41) is 2.75. The molecule has 1 heterocycles. The van der Waals surface area contributed by atoms with Crippen LogP contribution in [0.5, 0.6) is 5.75 Å². The molecule has 2 rings (SSSR count). The predicted molar refractivity (Wildman–Crippen MR) is 63.1 cm³/mol. The minimum Gasteiger partial charge on any atom is -0.493 e. The highest BCUT2D eigenvalue weighted by Crippen LogP contribution is 2.25. The van der Waals surface area contributed by atoms with Crippen molar-refractivity contribution in [2.24, 2.45) is 0 Å². The molecule has 1 N–H and O–H groups in total. The molecule has 86 valence electrons. The van der Waals surface area contributed by atoms with Crippen LogP contribution >= 0.6 is 11.6 Å². The molecule has 16 heavy (non-hydrogen) atoms. The maximum absolute atomic E-state index is 10.9. The molecule has 0 bridgehead atoms. The Morgan fingerprint density at radius 2 is 2.38 bits per heavy atom. The summed E-state index contributed by atoms with van der Waals surface area (Å²) in [5.74, 6) is 0.901. The number of alkyl halides is 1. The number of halogens is 1. The van der Waals surface area contributed by atoms with Crippen LogP contribution in [0.25, 0.3) is 0 Å². The first kappa shape index (κ1) is 11.3. The fourth-order valence-corrected chi connectivity index (χ4v) is 1.88. The molecule has 0 fully saturated rings. The van der Waals surface area contributed by atoms with Gasteiger partial charge in [-0.3, -0.25) is 4.79 Å². The molecule has 0 saturated carbocycles. The highest BCUT2D eigenvalue weighted by atomic mass is 35.5. The number of carbonyl (C=O) groups excluding carboxylic acids is 1. The Bertz CT molecular complexity index is 393. The number of rotatable bonds is 4. The first-order valence-corrected chi connectivity index (χ1v) is 5.90. The van der Waals surface area contributed by atoms with Crippen LogP contribution in [0.1, 0.15) is 11.1 Å². The zero-order valence-electron chi connectivity index (χ0n) is 8.96. The average Bonchev–Trinajstić information content (AvgIpc) is 2.76. The molecule has 1 aliphatic heterocycles. The van der Waals surface area contributed by atoms with Crippen LogP contribution in [0.3, 0.4) is 0 Å². The molecule has 3 nitrogen and oxygen atoms in total. The maximum atomic E-state index is 10.9. The van der Waals surface area contributed by atoms with Gasteiger partial charge in [0, 0.05) is 13.0 Å². The van der Waals surface area contributed by atoms with E-state index in [4.69, 9.17) is 16.3 Å². The third-order valence-electron chi connectivity index (χ3n) is 2.61.